The highest BCUT2D eigenvalue weighted by Crippen LogP contribution is 2.20. The maximum atomic E-state index is 13.4. The molecule has 0 fully saturated rings. The lowest BCUT2D eigenvalue weighted by Gasteiger charge is -2.23. The zero-order chi connectivity index (χ0) is 20.2. The fourth-order valence-electron chi connectivity index (χ4n) is 3.35. The van der Waals surface area contributed by atoms with Gasteiger partial charge in [-0.2, -0.15) is 0 Å². The average molecular weight is 385 g/mol. The van der Waals surface area contributed by atoms with E-state index in [0.29, 0.717) is 24.5 Å². The highest BCUT2D eigenvalue weighted by molar-refractivity contribution is 6.03. The Morgan fingerprint density at radius 1 is 1.17 bits per heavy atom. The summed E-state index contributed by atoms with van der Waals surface area (Å²) in [6.07, 6.45) is 6.78. The minimum absolute atomic E-state index is 0.0614. The van der Waals surface area contributed by atoms with Gasteiger partial charge in [0.05, 0.1) is 30.0 Å². The lowest BCUT2D eigenvalue weighted by Crippen LogP contribution is -2.35. The number of benzene rings is 1. The zero-order valence-electron chi connectivity index (χ0n) is 16.4. The van der Waals surface area contributed by atoms with Gasteiger partial charge >= 0.3 is 0 Å². The first-order chi connectivity index (χ1) is 14.1. The number of carbonyl (C=O) groups excluding carboxylic acids is 1. The number of nitrogen functional groups attached to an aromatic ring is 1. The number of aliphatic imine (C=N–C) groups is 1. The summed E-state index contributed by atoms with van der Waals surface area (Å²) < 4.78 is 0. The van der Waals surface area contributed by atoms with Gasteiger partial charge in [0.25, 0.3) is 5.91 Å². The molecule has 6 nitrogen and oxygen atoms in total. The van der Waals surface area contributed by atoms with Crippen molar-refractivity contribution in [1.29, 1.82) is 0 Å². The van der Waals surface area contributed by atoms with Gasteiger partial charge in [-0.25, -0.2) is 4.98 Å². The molecule has 0 saturated carbocycles. The topological polar surface area (TPSA) is 84.5 Å². The molecule has 0 atom stereocenters. The quantitative estimate of drug-likeness (QED) is 0.728. The molecular weight excluding hydrogens is 362 g/mol. The summed E-state index contributed by atoms with van der Waals surface area (Å²) in [4.78, 5) is 28.5. The van der Waals surface area contributed by atoms with Crippen LogP contribution in [0.3, 0.4) is 0 Å². The van der Waals surface area contributed by atoms with Crippen molar-refractivity contribution in [2.45, 2.75) is 19.9 Å². The lowest BCUT2D eigenvalue weighted by atomic mass is 10.1. The third-order valence-electron chi connectivity index (χ3n) is 4.93. The molecule has 1 amide bonds. The van der Waals surface area contributed by atoms with Crippen LogP contribution in [0.25, 0.3) is 10.9 Å². The first kappa shape index (κ1) is 18.8. The molecule has 4 rings (SSSR count). The molecule has 6 heteroatoms. The summed E-state index contributed by atoms with van der Waals surface area (Å²) >= 11 is 0. The molecule has 1 aliphatic rings. The van der Waals surface area contributed by atoms with Gasteiger partial charge in [-0.3, -0.25) is 14.8 Å². The first-order valence-electron chi connectivity index (χ1n) is 9.66. The molecule has 146 valence electrons. The predicted molar refractivity (Wildman–Crippen MR) is 116 cm³/mol. The Kier molecular flexibility index (Phi) is 5.33. The smallest absolute Gasteiger partial charge is 0.254 e. The van der Waals surface area contributed by atoms with E-state index in [1.54, 1.807) is 17.2 Å². The molecule has 0 unspecified atom stereocenters. The first-order valence-corrected chi connectivity index (χ1v) is 9.66. The Balaban J connectivity index is 1.66. The predicted octanol–water partition coefficient (Wildman–Crippen LogP) is 3.56. The number of rotatable bonds is 5. The van der Waals surface area contributed by atoms with Crippen LogP contribution in [-0.4, -0.2) is 39.6 Å². The van der Waals surface area contributed by atoms with E-state index in [4.69, 9.17) is 5.73 Å². The molecule has 0 radical (unpaired) electrons. The second kappa shape index (κ2) is 8.22. The molecular formula is C23H23N5O. The molecule has 1 aromatic carbocycles. The van der Waals surface area contributed by atoms with E-state index in [1.165, 1.54) is 0 Å². The Labute approximate surface area is 169 Å². The van der Waals surface area contributed by atoms with Crippen LogP contribution < -0.4 is 5.73 Å². The molecule has 0 aliphatic carbocycles. The highest BCUT2D eigenvalue weighted by atomic mass is 16.2. The molecule has 0 saturated heterocycles. The van der Waals surface area contributed by atoms with Gasteiger partial charge in [0.2, 0.25) is 0 Å². The van der Waals surface area contributed by atoms with Crippen molar-refractivity contribution in [1.82, 2.24) is 14.9 Å². The molecule has 2 N–H and O–H groups in total. The van der Waals surface area contributed by atoms with E-state index in [9.17, 15) is 4.79 Å². The minimum atomic E-state index is -0.0614. The molecule has 29 heavy (non-hydrogen) atoms. The number of carbonyl (C=O) groups is 1. The number of anilines is 1. The molecule has 3 heterocycles. The van der Waals surface area contributed by atoms with Gasteiger partial charge < -0.3 is 10.6 Å². The number of nitrogens with zero attached hydrogens (tertiary/aromatic N) is 4. The van der Waals surface area contributed by atoms with Gasteiger partial charge in [0, 0.05) is 23.7 Å². The molecule has 1 aliphatic heterocycles. The summed E-state index contributed by atoms with van der Waals surface area (Å²) in [5.41, 5.74) is 9.94. The third kappa shape index (κ3) is 4.32. The number of amides is 1. The van der Waals surface area contributed by atoms with Crippen molar-refractivity contribution in [3.05, 3.63) is 77.6 Å². The lowest BCUT2D eigenvalue weighted by molar-refractivity contribution is 0.0767. The van der Waals surface area contributed by atoms with Gasteiger partial charge in [-0.05, 0) is 61.4 Å². The van der Waals surface area contributed by atoms with Gasteiger partial charge in [0.1, 0.15) is 5.82 Å². The summed E-state index contributed by atoms with van der Waals surface area (Å²) in [7, 11) is 0. The maximum absolute atomic E-state index is 13.4. The van der Waals surface area contributed by atoms with Crippen molar-refractivity contribution >= 4 is 28.3 Å². The SMILES string of the molecule is Cc1cc2cc(C(=O)N(CC3=NCCC=C3)Cc3ccccn3)ccc2nc1N. The zero-order valence-corrected chi connectivity index (χ0v) is 16.4. The largest absolute Gasteiger partial charge is 0.383 e. The van der Waals surface area contributed by atoms with E-state index in [1.807, 2.05) is 49.4 Å². The Morgan fingerprint density at radius 2 is 2.07 bits per heavy atom. The maximum Gasteiger partial charge on any atom is 0.254 e. The van der Waals surface area contributed by atoms with Crippen LogP contribution in [0.2, 0.25) is 0 Å². The minimum Gasteiger partial charge on any atom is -0.383 e. The van der Waals surface area contributed by atoms with E-state index >= 15 is 0 Å². The summed E-state index contributed by atoms with van der Waals surface area (Å²) in [5, 5.41) is 0.898. The Bertz CT molecular complexity index is 1100. The highest BCUT2D eigenvalue weighted by Gasteiger charge is 2.19. The number of aryl methyl sites for hydroxylation is 1. The number of hydrogen-bond donors (Lipinski definition) is 1. The van der Waals surface area contributed by atoms with Crippen LogP contribution in [-0.2, 0) is 6.54 Å². The Hall–Kier alpha value is -3.54. The number of pyridine rings is 2. The standard InChI is InChI=1S/C23H23N5O/c1-16-12-18-13-17(8-9-21(18)27-22(16)24)23(29)28(14-19-6-2-4-10-25-19)15-20-7-3-5-11-26-20/h2-4,6-10,12-13H,5,11,14-15H2,1H3,(H2,24,27). The van der Waals surface area contributed by atoms with Crippen molar-refractivity contribution < 1.29 is 4.79 Å². The summed E-state index contributed by atoms with van der Waals surface area (Å²) in [5.74, 6) is 0.448. The van der Waals surface area contributed by atoms with E-state index < -0.39 is 0 Å². The van der Waals surface area contributed by atoms with E-state index in [-0.39, 0.29) is 5.91 Å². The average Bonchev–Trinajstić information content (AvgIpc) is 2.75. The Morgan fingerprint density at radius 3 is 2.83 bits per heavy atom. The number of hydrogen-bond acceptors (Lipinski definition) is 5. The van der Waals surface area contributed by atoms with Crippen molar-refractivity contribution in [3.8, 4) is 0 Å². The van der Waals surface area contributed by atoms with Gasteiger partial charge in [-0.15, -0.1) is 0 Å². The molecule has 2 aromatic heterocycles. The van der Waals surface area contributed by atoms with E-state index in [0.717, 1.165) is 40.8 Å². The summed E-state index contributed by atoms with van der Waals surface area (Å²) in [6, 6.07) is 13.2. The fourth-order valence-corrected chi connectivity index (χ4v) is 3.35. The molecule has 0 bridgehead atoms. The van der Waals surface area contributed by atoms with Crippen molar-refractivity contribution in [2.24, 2.45) is 4.99 Å². The summed E-state index contributed by atoms with van der Waals surface area (Å²) in [6.45, 7) is 3.55. The third-order valence-corrected chi connectivity index (χ3v) is 4.93. The van der Waals surface area contributed by atoms with Crippen LogP contribution in [0.5, 0.6) is 0 Å². The fraction of sp³-hybridized carbons (Fsp3) is 0.217. The number of fused-ring (bicyclic) bond motifs is 1. The number of aromatic nitrogens is 2. The van der Waals surface area contributed by atoms with Crippen molar-refractivity contribution in [3.63, 3.8) is 0 Å². The van der Waals surface area contributed by atoms with Gasteiger partial charge in [0.15, 0.2) is 0 Å². The molecule has 3 aromatic rings. The van der Waals surface area contributed by atoms with Crippen LogP contribution >= 0.6 is 0 Å². The van der Waals surface area contributed by atoms with E-state index in [2.05, 4.69) is 21.0 Å². The van der Waals surface area contributed by atoms with Crippen LogP contribution in [0.4, 0.5) is 5.82 Å². The normalized spacial score (nSPS) is 13.3. The second-order valence-corrected chi connectivity index (χ2v) is 7.14. The monoisotopic (exact) mass is 385 g/mol. The van der Waals surface area contributed by atoms with Crippen LogP contribution in [0.15, 0.2) is 65.8 Å². The van der Waals surface area contributed by atoms with Crippen molar-refractivity contribution in [2.75, 3.05) is 18.8 Å². The second-order valence-electron chi connectivity index (χ2n) is 7.14. The number of nitrogens with two attached hydrogens (primary N) is 1. The van der Waals surface area contributed by atoms with Crippen LogP contribution in [0, 0.1) is 6.92 Å². The van der Waals surface area contributed by atoms with Crippen LogP contribution in [0.1, 0.15) is 28.0 Å². The number of dihydropyridines is 1. The van der Waals surface area contributed by atoms with Gasteiger partial charge in [-0.1, -0.05) is 12.1 Å². The molecule has 0 spiro atoms.